The van der Waals surface area contributed by atoms with E-state index >= 15 is 0 Å². The normalized spacial score (nSPS) is 28.5. The van der Waals surface area contributed by atoms with Crippen LogP contribution in [0.25, 0.3) is 0 Å². The summed E-state index contributed by atoms with van der Waals surface area (Å²) in [4.78, 5) is 2.79. The molecule has 1 saturated carbocycles. The van der Waals surface area contributed by atoms with E-state index in [0.717, 1.165) is 6.04 Å². The van der Waals surface area contributed by atoms with Crippen LogP contribution in [-0.2, 0) is 0 Å². The minimum atomic E-state index is 0.248. The van der Waals surface area contributed by atoms with Crippen LogP contribution in [0.5, 0.6) is 0 Å². The van der Waals surface area contributed by atoms with Gasteiger partial charge in [0, 0.05) is 24.7 Å². The van der Waals surface area contributed by atoms with E-state index in [9.17, 15) is 0 Å². The van der Waals surface area contributed by atoms with Gasteiger partial charge in [0.25, 0.3) is 0 Å². The largest absolute Gasteiger partial charge is 0.311 e. The second-order valence-electron chi connectivity index (χ2n) is 8.48. The maximum Gasteiger partial charge on any atom is 0.00967 e. The monoisotopic (exact) mass is 280 g/mol. The van der Waals surface area contributed by atoms with E-state index < -0.39 is 0 Å². The van der Waals surface area contributed by atoms with Crippen molar-refractivity contribution in [1.29, 1.82) is 0 Å². The van der Waals surface area contributed by atoms with Crippen LogP contribution in [0.2, 0.25) is 0 Å². The first-order chi connectivity index (χ1) is 9.40. The maximum atomic E-state index is 3.81. The summed E-state index contributed by atoms with van der Waals surface area (Å²) in [5.74, 6) is 0. The van der Waals surface area contributed by atoms with E-state index in [4.69, 9.17) is 0 Å². The van der Waals surface area contributed by atoms with Crippen LogP contribution in [0.4, 0.5) is 0 Å². The molecule has 20 heavy (non-hydrogen) atoms. The summed E-state index contributed by atoms with van der Waals surface area (Å²) in [6, 6.07) is 0.803. The third-order valence-electron chi connectivity index (χ3n) is 5.39. The zero-order valence-corrected chi connectivity index (χ0v) is 14.3. The third-order valence-corrected chi connectivity index (χ3v) is 5.39. The molecule has 0 aromatic rings. The SMILES string of the molecule is CC1CCCCN1CC1(CNC(C)(C)C)CCCCC1. The van der Waals surface area contributed by atoms with Crippen molar-refractivity contribution in [3.05, 3.63) is 0 Å². The van der Waals surface area contributed by atoms with Gasteiger partial charge in [-0.3, -0.25) is 0 Å². The Balaban J connectivity index is 1.98. The lowest BCUT2D eigenvalue weighted by Gasteiger charge is -2.45. The van der Waals surface area contributed by atoms with Gasteiger partial charge in [-0.05, 0) is 65.3 Å². The van der Waals surface area contributed by atoms with Gasteiger partial charge in [-0.1, -0.05) is 25.7 Å². The predicted octanol–water partition coefficient (Wildman–Crippen LogP) is 4.20. The van der Waals surface area contributed by atoms with Crippen molar-refractivity contribution in [2.75, 3.05) is 19.6 Å². The first-order valence-corrected chi connectivity index (χ1v) is 8.89. The Morgan fingerprint density at radius 3 is 2.35 bits per heavy atom. The van der Waals surface area contributed by atoms with E-state index in [0.29, 0.717) is 5.41 Å². The number of hydrogen-bond donors (Lipinski definition) is 1. The molecule has 1 heterocycles. The molecule has 1 aliphatic heterocycles. The van der Waals surface area contributed by atoms with Crippen LogP contribution in [0.1, 0.15) is 79.1 Å². The summed E-state index contributed by atoms with van der Waals surface area (Å²) in [5.41, 5.74) is 0.787. The van der Waals surface area contributed by atoms with Crippen molar-refractivity contribution < 1.29 is 0 Å². The second-order valence-corrected chi connectivity index (χ2v) is 8.48. The minimum absolute atomic E-state index is 0.248. The number of likely N-dealkylation sites (tertiary alicyclic amines) is 1. The summed E-state index contributed by atoms with van der Waals surface area (Å²) in [5, 5.41) is 3.81. The molecule has 2 fully saturated rings. The van der Waals surface area contributed by atoms with Gasteiger partial charge in [-0.25, -0.2) is 0 Å². The van der Waals surface area contributed by atoms with Gasteiger partial charge >= 0.3 is 0 Å². The molecular weight excluding hydrogens is 244 g/mol. The molecule has 0 aromatic carbocycles. The van der Waals surface area contributed by atoms with Crippen molar-refractivity contribution in [3.8, 4) is 0 Å². The first kappa shape index (κ1) is 16.3. The molecule has 2 rings (SSSR count). The summed E-state index contributed by atoms with van der Waals surface area (Å²) in [6.45, 7) is 13.2. The number of rotatable bonds is 4. The highest BCUT2D eigenvalue weighted by molar-refractivity contribution is 4.91. The molecule has 0 radical (unpaired) electrons. The van der Waals surface area contributed by atoms with Gasteiger partial charge in [-0.15, -0.1) is 0 Å². The Labute approximate surface area is 126 Å². The van der Waals surface area contributed by atoms with Crippen molar-refractivity contribution in [3.63, 3.8) is 0 Å². The lowest BCUT2D eigenvalue weighted by molar-refractivity contribution is 0.0566. The number of hydrogen-bond acceptors (Lipinski definition) is 2. The van der Waals surface area contributed by atoms with Gasteiger partial charge in [0.2, 0.25) is 0 Å². The van der Waals surface area contributed by atoms with Crippen LogP contribution in [0.3, 0.4) is 0 Å². The predicted molar refractivity (Wildman–Crippen MR) is 88.2 cm³/mol. The van der Waals surface area contributed by atoms with E-state index in [1.54, 1.807) is 0 Å². The van der Waals surface area contributed by atoms with Gasteiger partial charge < -0.3 is 10.2 Å². The Morgan fingerprint density at radius 2 is 1.75 bits per heavy atom. The lowest BCUT2D eigenvalue weighted by Crippen LogP contribution is -2.52. The second kappa shape index (κ2) is 6.79. The summed E-state index contributed by atoms with van der Waals surface area (Å²) in [7, 11) is 0. The van der Waals surface area contributed by atoms with Crippen LogP contribution >= 0.6 is 0 Å². The van der Waals surface area contributed by atoms with E-state index in [1.165, 1.54) is 71.0 Å². The number of nitrogens with zero attached hydrogens (tertiary/aromatic N) is 1. The highest BCUT2D eigenvalue weighted by Gasteiger charge is 2.36. The van der Waals surface area contributed by atoms with Crippen LogP contribution < -0.4 is 5.32 Å². The third kappa shape index (κ3) is 4.73. The molecular formula is C18H36N2. The highest BCUT2D eigenvalue weighted by Crippen LogP contribution is 2.38. The Hall–Kier alpha value is -0.0800. The van der Waals surface area contributed by atoms with Gasteiger partial charge in [-0.2, -0.15) is 0 Å². The molecule has 0 aromatic heterocycles. The van der Waals surface area contributed by atoms with Crippen LogP contribution in [0.15, 0.2) is 0 Å². The fourth-order valence-electron chi connectivity index (χ4n) is 3.97. The number of nitrogens with one attached hydrogen (secondary N) is 1. The lowest BCUT2D eigenvalue weighted by atomic mass is 9.72. The van der Waals surface area contributed by atoms with Crippen molar-refractivity contribution in [2.45, 2.75) is 90.6 Å². The molecule has 1 aliphatic carbocycles. The molecule has 2 nitrogen and oxygen atoms in total. The van der Waals surface area contributed by atoms with E-state index in [-0.39, 0.29) is 5.54 Å². The Morgan fingerprint density at radius 1 is 1.05 bits per heavy atom. The zero-order valence-electron chi connectivity index (χ0n) is 14.3. The summed E-state index contributed by atoms with van der Waals surface area (Å²) < 4.78 is 0. The van der Waals surface area contributed by atoms with Crippen LogP contribution in [-0.4, -0.2) is 36.1 Å². The quantitative estimate of drug-likeness (QED) is 0.830. The summed E-state index contributed by atoms with van der Waals surface area (Å²) in [6.07, 6.45) is 11.4. The molecule has 1 N–H and O–H groups in total. The molecule has 0 spiro atoms. The van der Waals surface area contributed by atoms with Crippen molar-refractivity contribution in [2.24, 2.45) is 5.41 Å². The average molecular weight is 281 g/mol. The van der Waals surface area contributed by atoms with Gasteiger partial charge in [0.05, 0.1) is 0 Å². The minimum Gasteiger partial charge on any atom is -0.311 e. The summed E-state index contributed by atoms with van der Waals surface area (Å²) >= 11 is 0. The fraction of sp³-hybridized carbons (Fsp3) is 1.00. The molecule has 1 saturated heterocycles. The molecule has 1 unspecified atom stereocenters. The smallest absolute Gasteiger partial charge is 0.00967 e. The maximum absolute atomic E-state index is 3.81. The molecule has 2 aliphatic rings. The molecule has 1 atom stereocenters. The van der Waals surface area contributed by atoms with Gasteiger partial charge in [0.15, 0.2) is 0 Å². The standard InChI is InChI=1S/C18H36N2/c1-16-10-6-9-13-20(16)15-18(11-7-5-8-12-18)14-19-17(2,3)4/h16,19H,5-15H2,1-4H3. The fourth-order valence-corrected chi connectivity index (χ4v) is 3.97. The highest BCUT2D eigenvalue weighted by atomic mass is 15.2. The molecule has 2 heteroatoms. The zero-order chi connectivity index (χ0) is 14.6. The van der Waals surface area contributed by atoms with E-state index in [1.807, 2.05) is 0 Å². The van der Waals surface area contributed by atoms with Crippen molar-refractivity contribution in [1.82, 2.24) is 10.2 Å². The topological polar surface area (TPSA) is 15.3 Å². The van der Waals surface area contributed by atoms with Crippen molar-refractivity contribution >= 4 is 0 Å². The van der Waals surface area contributed by atoms with Gasteiger partial charge in [0.1, 0.15) is 0 Å². The van der Waals surface area contributed by atoms with E-state index in [2.05, 4.69) is 37.9 Å². The van der Waals surface area contributed by atoms with Crippen LogP contribution in [0, 0.1) is 5.41 Å². The number of piperidine rings is 1. The first-order valence-electron chi connectivity index (χ1n) is 8.89. The Kier molecular flexibility index (Phi) is 5.53. The molecule has 118 valence electrons. The molecule has 0 amide bonds. The average Bonchev–Trinajstić information content (AvgIpc) is 2.40. The molecule has 0 bridgehead atoms. The Bertz CT molecular complexity index is 286.